The molecule has 0 aliphatic carbocycles. The average molecular weight is 270 g/mol. The first-order chi connectivity index (χ1) is 8.24. The SMILES string of the molecule is CC(C)c1ccc([C@H](C)NS(=O)(=O)N(C)C)cc1. The molecule has 0 amide bonds. The Balaban J connectivity index is 2.82. The third kappa shape index (κ3) is 3.80. The van der Waals surface area contributed by atoms with E-state index < -0.39 is 10.2 Å². The molecular formula is C13H22N2O2S. The van der Waals surface area contributed by atoms with E-state index in [4.69, 9.17) is 0 Å². The first-order valence-corrected chi connectivity index (χ1v) is 7.47. The lowest BCUT2D eigenvalue weighted by atomic mass is 10.00. The van der Waals surface area contributed by atoms with Gasteiger partial charge in [0.2, 0.25) is 0 Å². The Hall–Kier alpha value is -0.910. The maximum Gasteiger partial charge on any atom is 0.279 e. The molecule has 4 nitrogen and oxygen atoms in total. The van der Waals surface area contributed by atoms with Crippen molar-refractivity contribution >= 4 is 10.2 Å². The summed E-state index contributed by atoms with van der Waals surface area (Å²) in [6, 6.07) is 7.79. The van der Waals surface area contributed by atoms with E-state index >= 15 is 0 Å². The quantitative estimate of drug-likeness (QED) is 0.892. The molecule has 1 rings (SSSR count). The molecule has 0 aliphatic rings. The molecule has 1 aromatic carbocycles. The molecule has 0 aromatic heterocycles. The predicted octanol–water partition coefficient (Wildman–Crippen LogP) is 2.27. The molecule has 18 heavy (non-hydrogen) atoms. The fourth-order valence-electron chi connectivity index (χ4n) is 1.57. The van der Waals surface area contributed by atoms with Gasteiger partial charge in [0.05, 0.1) is 0 Å². The molecule has 5 heteroatoms. The summed E-state index contributed by atoms with van der Waals surface area (Å²) in [5.41, 5.74) is 2.21. The number of benzene rings is 1. The number of nitrogens with one attached hydrogen (secondary N) is 1. The maximum absolute atomic E-state index is 11.7. The Morgan fingerprint density at radius 3 is 1.83 bits per heavy atom. The number of nitrogens with zero attached hydrogens (tertiary/aromatic N) is 1. The summed E-state index contributed by atoms with van der Waals surface area (Å²) in [5.74, 6) is 0.479. The Labute approximate surface area is 110 Å². The normalized spacial score (nSPS) is 14.2. The van der Waals surface area contributed by atoms with Crippen molar-refractivity contribution in [2.24, 2.45) is 0 Å². The minimum absolute atomic E-state index is 0.237. The Morgan fingerprint density at radius 2 is 1.44 bits per heavy atom. The molecule has 0 radical (unpaired) electrons. The van der Waals surface area contributed by atoms with Crippen molar-refractivity contribution in [3.63, 3.8) is 0 Å². The van der Waals surface area contributed by atoms with Crippen LogP contribution in [0.4, 0.5) is 0 Å². The summed E-state index contributed by atoms with van der Waals surface area (Å²) >= 11 is 0. The van der Waals surface area contributed by atoms with Crippen molar-refractivity contribution in [2.45, 2.75) is 32.7 Å². The second kappa shape index (κ2) is 5.82. The lowest BCUT2D eigenvalue weighted by Gasteiger charge is -2.18. The smallest absolute Gasteiger partial charge is 0.195 e. The van der Waals surface area contributed by atoms with E-state index in [9.17, 15) is 8.42 Å². The zero-order chi connectivity index (χ0) is 13.9. The largest absolute Gasteiger partial charge is 0.279 e. The van der Waals surface area contributed by atoms with E-state index in [1.165, 1.54) is 24.0 Å². The topological polar surface area (TPSA) is 49.4 Å². The summed E-state index contributed by atoms with van der Waals surface area (Å²) in [4.78, 5) is 0. The van der Waals surface area contributed by atoms with Crippen LogP contribution in [0.3, 0.4) is 0 Å². The lowest BCUT2D eigenvalue weighted by molar-refractivity contribution is 0.494. The maximum atomic E-state index is 11.7. The van der Waals surface area contributed by atoms with Gasteiger partial charge >= 0.3 is 0 Å². The van der Waals surface area contributed by atoms with Gasteiger partial charge in [-0.3, -0.25) is 0 Å². The van der Waals surface area contributed by atoms with Crippen molar-refractivity contribution in [3.05, 3.63) is 35.4 Å². The van der Waals surface area contributed by atoms with Gasteiger partial charge in [0.15, 0.2) is 0 Å². The molecule has 0 saturated heterocycles. The first kappa shape index (κ1) is 15.1. The van der Waals surface area contributed by atoms with Gasteiger partial charge in [0.25, 0.3) is 10.2 Å². The standard InChI is InChI=1S/C13H22N2O2S/c1-10(2)12-6-8-13(9-7-12)11(3)14-18(16,17)15(4)5/h6-11,14H,1-5H3/t11-/m0/s1. The predicted molar refractivity (Wildman–Crippen MR) is 74.7 cm³/mol. The fraction of sp³-hybridized carbons (Fsp3) is 0.538. The lowest BCUT2D eigenvalue weighted by Crippen LogP contribution is -2.37. The molecule has 0 saturated carbocycles. The third-order valence-electron chi connectivity index (χ3n) is 2.91. The zero-order valence-corrected chi connectivity index (χ0v) is 12.5. The first-order valence-electron chi connectivity index (χ1n) is 6.03. The minimum atomic E-state index is -3.39. The van der Waals surface area contributed by atoms with E-state index in [0.29, 0.717) is 5.92 Å². The van der Waals surface area contributed by atoms with Crippen LogP contribution < -0.4 is 4.72 Å². The molecule has 0 heterocycles. The highest BCUT2D eigenvalue weighted by Gasteiger charge is 2.17. The van der Waals surface area contributed by atoms with Crippen LogP contribution in [0, 0.1) is 0 Å². The van der Waals surface area contributed by atoms with Gasteiger partial charge in [-0.2, -0.15) is 17.4 Å². The highest BCUT2D eigenvalue weighted by molar-refractivity contribution is 7.87. The summed E-state index contributed by atoms with van der Waals surface area (Å²) in [5, 5.41) is 0. The number of hydrogen-bond donors (Lipinski definition) is 1. The number of hydrogen-bond acceptors (Lipinski definition) is 2. The highest BCUT2D eigenvalue weighted by atomic mass is 32.2. The highest BCUT2D eigenvalue weighted by Crippen LogP contribution is 2.19. The monoisotopic (exact) mass is 270 g/mol. The third-order valence-corrected chi connectivity index (χ3v) is 4.52. The molecule has 0 spiro atoms. The van der Waals surface area contributed by atoms with Crippen LogP contribution in [0.25, 0.3) is 0 Å². The van der Waals surface area contributed by atoms with E-state index in [-0.39, 0.29) is 6.04 Å². The van der Waals surface area contributed by atoms with Crippen LogP contribution in [-0.2, 0) is 10.2 Å². The summed E-state index contributed by atoms with van der Waals surface area (Å²) in [6.07, 6.45) is 0. The second-order valence-corrected chi connectivity index (χ2v) is 6.86. The van der Waals surface area contributed by atoms with Gasteiger partial charge in [0.1, 0.15) is 0 Å². The number of rotatable bonds is 5. The van der Waals surface area contributed by atoms with Crippen LogP contribution in [-0.4, -0.2) is 26.8 Å². The summed E-state index contributed by atoms with van der Waals surface area (Å²) in [6.45, 7) is 6.10. The zero-order valence-electron chi connectivity index (χ0n) is 11.6. The molecular weight excluding hydrogens is 248 g/mol. The average Bonchev–Trinajstić information content (AvgIpc) is 2.28. The van der Waals surface area contributed by atoms with Gasteiger partial charge in [-0.25, -0.2) is 0 Å². The molecule has 0 bridgehead atoms. The molecule has 0 aliphatic heterocycles. The van der Waals surface area contributed by atoms with E-state index in [0.717, 1.165) is 5.56 Å². The summed E-state index contributed by atoms with van der Waals surface area (Å²) in [7, 11) is -0.367. The van der Waals surface area contributed by atoms with Gasteiger partial charge in [0, 0.05) is 20.1 Å². The Kier molecular flexibility index (Phi) is 4.90. The Morgan fingerprint density at radius 1 is 1.00 bits per heavy atom. The molecule has 0 unspecified atom stereocenters. The van der Waals surface area contributed by atoms with Crippen molar-refractivity contribution < 1.29 is 8.42 Å². The van der Waals surface area contributed by atoms with E-state index in [1.54, 1.807) is 0 Å². The van der Waals surface area contributed by atoms with Crippen LogP contribution in [0.5, 0.6) is 0 Å². The summed E-state index contributed by atoms with van der Waals surface area (Å²) < 4.78 is 27.2. The van der Waals surface area contributed by atoms with E-state index in [2.05, 4.69) is 18.6 Å². The minimum Gasteiger partial charge on any atom is -0.195 e. The van der Waals surface area contributed by atoms with Crippen molar-refractivity contribution in [1.82, 2.24) is 9.03 Å². The van der Waals surface area contributed by atoms with Gasteiger partial charge in [-0.1, -0.05) is 38.1 Å². The van der Waals surface area contributed by atoms with Crippen molar-refractivity contribution in [3.8, 4) is 0 Å². The molecule has 1 atom stereocenters. The molecule has 102 valence electrons. The van der Waals surface area contributed by atoms with Gasteiger partial charge in [-0.05, 0) is 24.0 Å². The Bertz CT molecular complexity index is 478. The molecule has 1 aromatic rings. The van der Waals surface area contributed by atoms with Crippen LogP contribution in [0.15, 0.2) is 24.3 Å². The van der Waals surface area contributed by atoms with E-state index in [1.807, 2.05) is 31.2 Å². The fourth-order valence-corrected chi connectivity index (χ4v) is 2.36. The second-order valence-electron chi connectivity index (χ2n) is 4.95. The molecule has 1 N–H and O–H groups in total. The molecule has 0 fully saturated rings. The van der Waals surface area contributed by atoms with Crippen LogP contribution in [0.1, 0.15) is 43.9 Å². The van der Waals surface area contributed by atoms with Gasteiger partial charge in [-0.15, -0.1) is 0 Å². The van der Waals surface area contributed by atoms with Crippen LogP contribution >= 0.6 is 0 Å². The van der Waals surface area contributed by atoms with Gasteiger partial charge < -0.3 is 0 Å². The van der Waals surface area contributed by atoms with Crippen molar-refractivity contribution in [2.75, 3.05) is 14.1 Å². The van der Waals surface area contributed by atoms with Crippen molar-refractivity contribution in [1.29, 1.82) is 0 Å². The van der Waals surface area contributed by atoms with Crippen LogP contribution in [0.2, 0.25) is 0 Å².